The number of aryl methyl sites for hydroxylation is 1. The Labute approximate surface area is 219 Å². The van der Waals surface area contributed by atoms with Crippen LogP contribution in [-0.2, 0) is 5.41 Å². The van der Waals surface area contributed by atoms with Crippen molar-refractivity contribution >= 4 is 11.0 Å². The lowest BCUT2D eigenvalue weighted by Gasteiger charge is -2.37. The van der Waals surface area contributed by atoms with E-state index in [0.717, 1.165) is 33.3 Å². The first-order valence-corrected chi connectivity index (χ1v) is 12.3. The van der Waals surface area contributed by atoms with E-state index in [4.69, 9.17) is 0 Å². The molecule has 0 spiro atoms. The Morgan fingerprint density at radius 1 is 0.553 bits per heavy atom. The summed E-state index contributed by atoms with van der Waals surface area (Å²) in [4.78, 5) is 1.47. The number of phenolic OH excluding ortho intramolecular Hbond substituents is 3. The summed E-state index contributed by atoms with van der Waals surface area (Å²) in [6, 6.07) is 35.8. The van der Waals surface area contributed by atoms with Crippen molar-refractivity contribution in [1.82, 2.24) is 15.0 Å². The van der Waals surface area contributed by atoms with Gasteiger partial charge in [-0.15, -0.1) is 15.0 Å². The van der Waals surface area contributed by atoms with E-state index in [1.807, 2.05) is 85.8 Å². The molecule has 6 rings (SSSR count). The van der Waals surface area contributed by atoms with Crippen molar-refractivity contribution in [1.29, 1.82) is 0 Å². The van der Waals surface area contributed by atoms with Gasteiger partial charge in [0.1, 0.15) is 34.0 Å². The highest BCUT2D eigenvalue weighted by atomic mass is 16.3. The zero-order valence-electron chi connectivity index (χ0n) is 20.7. The van der Waals surface area contributed by atoms with Crippen molar-refractivity contribution in [2.45, 2.75) is 12.3 Å². The molecule has 0 saturated heterocycles. The molecule has 0 aliphatic heterocycles. The van der Waals surface area contributed by atoms with Gasteiger partial charge in [0.2, 0.25) is 0 Å². The molecule has 0 saturated carbocycles. The van der Waals surface area contributed by atoms with Gasteiger partial charge in [-0.25, -0.2) is 0 Å². The van der Waals surface area contributed by atoms with Crippen molar-refractivity contribution in [3.05, 3.63) is 143 Å². The topological polar surface area (TPSA) is 91.4 Å². The summed E-state index contributed by atoms with van der Waals surface area (Å²) in [7, 11) is 0. The van der Waals surface area contributed by atoms with Crippen LogP contribution in [0.4, 0.5) is 0 Å². The summed E-state index contributed by atoms with van der Waals surface area (Å²) in [5.41, 5.74) is 5.36. The Morgan fingerprint density at radius 3 is 1.55 bits per heavy atom. The first-order valence-electron chi connectivity index (χ1n) is 12.3. The molecule has 0 aliphatic carbocycles. The summed E-state index contributed by atoms with van der Waals surface area (Å²) < 4.78 is 0. The Balaban J connectivity index is 1.71. The van der Waals surface area contributed by atoms with Gasteiger partial charge >= 0.3 is 0 Å². The minimum absolute atomic E-state index is 0.0902. The van der Waals surface area contributed by atoms with E-state index in [1.54, 1.807) is 24.3 Å². The lowest BCUT2D eigenvalue weighted by atomic mass is 9.65. The Hall–Kier alpha value is -5.10. The average molecular weight is 500 g/mol. The fraction of sp³-hybridized carbons (Fsp3) is 0.0625. The molecule has 6 heteroatoms. The first kappa shape index (κ1) is 23.3. The van der Waals surface area contributed by atoms with E-state index in [0.29, 0.717) is 11.3 Å². The van der Waals surface area contributed by atoms with Crippen LogP contribution < -0.4 is 0 Å². The summed E-state index contributed by atoms with van der Waals surface area (Å²) in [6.07, 6.45) is 0. The maximum atomic E-state index is 11.2. The number of nitrogens with zero attached hydrogens (tertiary/aromatic N) is 3. The third-order valence-corrected chi connectivity index (χ3v) is 7.02. The van der Waals surface area contributed by atoms with E-state index in [2.05, 4.69) is 22.3 Å². The van der Waals surface area contributed by atoms with Gasteiger partial charge < -0.3 is 15.3 Å². The second-order valence-corrected chi connectivity index (χ2v) is 9.35. The fourth-order valence-electron chi connectivity index (χ4n) is 5.21. The number of rotatable bonds is 5. The molecule has 0 fully saturated rings. The zero-order valence-corrected chi connectivity index (χ0v) is 20.7. The van der Waals surface area contributed by atoms with Crippen LogP contribution in [0.5, 0.6) is 17.2 Å². The van der Waals surface area contributed by atoms with Crippen LogP contribution in [0.3, 0.4) is 0 Å². The molecule has 6 aromatic rings. The number of aromatic nitrogens is 3. The second-order valence-electron chi connectivity index (χ2n) is 9.35. The molecule has 3 N–H and O–H groups in total. The van der Waals surface area contributed by atoms with E-state index in [9.17, 15) is 15.3 Å². The molecule has 38 heavy (non-hydrogen) atoms. The molecule has 0 atom stereocenters. The number of fused-ring (bicyclic) bond motifs is 1. The molecule has 6 nitrogen and oxygen atoms in total. The van der Waals surface area contributed by atoms with Crippen molar-refractivity contribution < 1.29 is 15.3 Å². The predicted molar refractivity (Wildman–Crippen MR) is 147 cm³/mol. The third kappa shape index (κ3) is 3.74. The summed E-state index contributed by atoms with van der Waals surface area (Å²) >= 11 is 0. The molecule has 0 radical (unpaired) electrons. The molecule has 186 valence electrons. The summed E-state index contributed by atoms with van der Waals surface area (Å²) in [5, 5.41) is 40.7. The number of aromatic hydroxyl groups is 3. The number of hydrogen-bond acceptors (Lipinski definition) is 5. The average Bonchev–Trinajstić information content (AvgIpc) is 3.37. The van der Waals surface area contributed by atoms with E-state index >= 15 is 0 Å². The van der Waals surface area contributed by atoms with Crippen molar-refractivity contribution in [2.24, 2.45) is 0 Å². The quantitative estimate of drug-likeness (QED) is 0.245. The molecular weight excluding hydrogens is 474 g/mol. The standard InChI is InChI=1S/C32H25N3O3/c1-21-19-25(20-30(31(21)38)35-33-28-9-5-6-10-29(28)34-35)32(22-7-3-2-4-8-22,23-11-15-26(36)16-12-23)24-13-17-27(37)18-14-24/h2-20,36-38H,1H3. The molecular formula is C32H25N3O3. The van der Waals surface area contributed by atoms with Gasteiger partial charge in [-0.1, -0.05) is 72.8 Å². The lowest BCUT2D eigenvalue weighted by Crippen LogP contribution is -2.31. The van der Waals surface area contributed by atoms with Crippen molar-refractivity contribution in [2.75, 3.05) is 0 Å². The molecule has 0 amide bonds. The van der Waals surface area contributed by atoms with Crippen LogP contribution in [0.25, 0.3) is 16.7 Å². The highest BCUT2D eigenvalue weighted by Gasteiger charge is 2.39. The number of benzene rings is 5. The molecule has 1 aromatic heterocycles. The van der Waals surface area contributed by atoms with E-state index < -0.39 is 5.41 Å². The van der Waals surface area contributed by atoms with Gasteiger partial charge in [-0.05, 0) is 77.2 Å². The van der Waals surface area contributed by atoms with Gasteiger partial charge in [0.15, 0.2) is 0 Å². The largest absolute Gasteiger partial charge is 0.508 e. The maximum Gasteiger partial charge on any atom is 0.146 e. The highest BCUT2D eigenvalue weighted by molar-refractivity contribution is 5.74. The molecule has 1 heterocycles. The van der Waals surface area contributed by atoms with E-state index in [1.165, 1.54) is 4.80 Å². The summed E-state index contributed by atoms with van der Waals surface area (Å²) in [5.74, 6) is 0.417. The highest BCUT2D eigenvalue weighted by Crippen LogP contribution is 2.47. The van der Waals surface area contributed by atoms with Crippen molar-refractivity contribution in [3.8, 4) is 22.9 Å². The lowest BCUT2D eigenvalue weighted by molar-refractivity contribution is 0.463. The minimum atomic E-state index is -0.859. The molecule has 0 unspecified atom stereocenters. The first-order chi connectivity index (χ1) is 18.5. The summed E-state index contributed by atoms with van der Waals surface area (Å²) in [6.45, 7) is 1.86. The third-order valence-electron chi connectivity index (χ3n) is 7.02. The molecule has 0 bridgehead atoms. The second kappa shape index (κ2) is 9.09. The van der Waals surface area contributed by atoms with Crippen LogP contribution in [0.1, 0.15) is 27.8 Å². The Kier molecular flexibility index (Phi) is 5.57. The van der Waals surface area contributed by atoms with Gasteiger partial charge in [0.05, 0.1) is 5.41 Å². The Bertz CT molecular complexity index is 1660. The number of phenols is 3. The van der Waals surface area contributed by atoms with Gasteiger partial charge in [0.25, 0.3) is 0 Å². The van der Waals surface area contributed by atoms with Crippen LogP contribution in [0, 0.1) is 6.92 Å². The van der Waals surface area contributed by atoms with Crippen molar-refractivity contribution in [3.63, 3.8) is 0 Å². The van der Waals surface area contributed by atoms with Crippen LogP contribution in [-0.4, -0.2) is 30.3 Å². The van der Waals surface area contributed by atoms with Crippen LogP contribution in [0.2, 0.25) is 0 Å². The van der Waals surface area contributed by atoms with Gasteiger partial charge in [-0.3, -0.25) is 0 Å². The number of hydrogen-bond donors (Lipinski definition) is 3. The van der Waals surface area contributed by atoms with Gasteiger partial charge in [0, 0.05) is 0 Å². The smallest absolute Gasteiger partial charge is 0.146 e. The zero-order chi connectivity index (χ0) is 26.3. The van der Waals surface area contributed by atoms with E-state index in [-0.39, 0.29) is 17.2 Å². The minimum Gasteiger partial charge on any atom is -0.508 e. The molecule has 0 aliphatic rings. The van der Waals surface area contributed by atoms with Crippen LogP contribution in [0.15, 0.2) is 115 Å². The van der Waals surface area contributed by atoms with Crippen LogP contribution >= 0.6 is 0 Å². The monoisotopic (exact) mass is 499 g/mol. The SMILES string of the molecule is Cc1cc(C(c2ccccc2)(c2ccc(O)cc2)c2ccc(O)cc2)cc(-n2nc3ccccc3n2)c1O. The predicted octanol–water partition coefficient (Wildman–Crippen LogP) is 6.23. The normalized spacial score (nSPS) is 11.6. The molecule has 5 aromatic carbocycles. The Morgan fingerprint density at radius 2 is 1.03 bits per heavy atom. The maximum absolute atomic E-state index is 11.2. The fourth-order valence-corrected chi connectivity index (χ4v) is 5.21. The van der Waals surface area contributed by atoms with Gasteiger partial charge in [-0.2, -0.15) is 0 Å².